The number of nitrogens with one attached hydrogen (secondary N) is 1. The molecule has 1 aromatic carbocycles. The van der Waals surface area contributed by atoms with Crippen molar-refractivity contribution in [1.29, 1.82) is 0 Å². The van der Waals surface area contributed by atoms with E-state index in [2.05, 4.69) is 15.2 Å². The average Bonchev–Trinajstić information content (AvgIpc) is 2.95. The normalized spacial score (nSPS) is 11.1. The molecule has 2 aromatic heterocycles. The van der Waals surface area contributed by atoms with E-state index >= 15 is 0 Å². The second kappa shape index (κ2) is 5.61. The maximum absolute atomic E-state index is 14.5. The van der Waals surface area contributed by atoms with Crippen LogP contribution in [0.1, 0.15) is 5.56 Å². The fourth-order valence-corrected chi connectivity index (χ4v) is 3.16. The minimum atomic E-state index is -0.287. The van der Waals surface area contributed by atoms with Gasteiger partial charge in [0.2, 0.25) is 0 Å². The highest BCUT2D eigenvalue weighted by atomic mass is 32.2. The Labute approximate surface area is 132 Å². The maximum atomic E-state index is 14.5. The highest BCUT2D eigenvalue weighted by Gasteiger charge is 2.17. The summed E-state index contributed by atoms with van der Waals surface area (Å²) in [6.45, 7) is 2.02. The highest BCUT2D eigenvalue weighted by Crippen LogP contribution is 2.35. The van der Waals surface area contributed by atoms with Gasteiger partial charge in [0.15, 0.2) is 0 Å². The van der Waals surface area contributed by atoms with Gasteiger partial charge in [-0.15, -0.1) is 11.8 Å². The van der Waals surface area contributed by atoms with Gasteiger partial charge >= 0.3 is 0 Å². The molecule has 0 atom stereocenters. The number of aromatic amines is 1. The lowest BCUT2D eigenvalue weighted by molar-refractivity contribution is 0.628. The number of pyridine rings is 1. The molecule has 3 rings (SSSR count). The van der Waals surface area contributed by atoms with Crippen molar-refractivity contribution in [3.8, 4) is 11.3 Å². The van der Waals surface area contributed by atoms with Gasteiger partial charge in [-0.05, 0) is 30.9 Å². The molecule has 114 valence electrons. The van der Waals surface area contributed by atoms with Gasteiger partial charge in [0, 0.05) is 25.0 Å². The van der Waals surface area contributed by atoms with Crippen molar-refractivity contribution >= 4 is 28.4 Å². The third-order valence-electron chi connectivity index (χ3n) is 3.63. The Kier molecular flexibility index (Phi) is 3.78. The molecular formula is C16H17FN4S. The Morgan fingerprint density at radius 3 is 2.73 bits per heavy atom. The number of thioether (sulfide) groups is 1. The zero-order chi connectivity index (χ0) is 15.9. The van der Waals surface area contributed by atoms with Crippen molar-refractivity contribution in [3.05, 3.63) is 35.8 Å². The molecular weight excluding hydrogens is 299 g/mol. The van der Waals surface area contributed by atoms with Crippen molar-refractivity contribution in [2.45, 2.75) is 11.9 Å². The molecule has 0 spiro atoms. The van der Waals surface area contributed by atoms with E-state index in [9.17, 15) is 4.39 Å². The van der Waals surface area contributed by atoms with Gasteiger partial charge in [-0.1, -0.05) is 6.07 Å². The van der Waals surface area contributed by atoms with Crippen LogP contribution in [0.4, 0.5) is 10.1 Å². The van der Waals surface area contributed by atoms with Crippen molar-refractivity contribution < 1.29 is 4.39 Å². The Hall–Kier alpha value is -2.08. The number of benzene rings is 1. The largest absolute Gasteiger partial charge is 0.374 e. The van der Waals surface area contributed by atoms with E-state index in [-0.39, 0.29) is 5.82 Å². The molecule has 0 amide bonds. The molecule has 0 aliphatic heterocycles. The molecule has 0 aliphatic rings. The second-order valence-electron chi connectivity index (χ2n) is 5.33. The van der Waals surface area contributed by atoms with Gasteiger partial charge in [0.1, 0.15) is 5.82 Å². The van der Waals surface area contributed by atoms with Crippen LogP contribution in [-0.2, 0) is 0 Å². The first-order valence-electron chi connectivity index (χ1n) is 6.88. The lowest BCUT2D eigenvalue weighted by Gasteiger charge is -2.16. The van der Waals surface area contributed by atoms with E-state index in [0.29, 0.717) is 11.2 Å². The average molecular weight is 316 g/mol. The molecule has 0 saturated heterocycles. The zero-order valence-electron chi connectivity index (χ0n) is 12.9. The smallest absolute Gasteiger partial charge is 0.149 e. The molecule has 0 radical (unpaired) electrons. The maximum Gasteiger partial charge on any atom is 0.149 e. The molecule has 4 nitrogen and oxygen atoms in total. The summed E-state index contributed by atoms with van der Waals surface area (Å²) in [5, 5.41) is 8.80. The number of rotatable bonds is 3. The Bertz CT molecular complexity index is 842. The van der Waals surface area contributed by atoms with E-state index in [1.165, 1.54) is 6.07 Å². The minimum absolute atomic E-state index is 0.287. The lowest BCUT2D eigenvalue weighted by atomic mass is 10.0. The number of nitrogens with zero attached hydrogens (tertiary/aromatic N) is 3. The van der Waals surface area contributed by atoms with E-state index in [1.54, 1.807) is 22.9 Å². The summed E-state index contributed by atoms with van der Waals surface area (Å²) < 4.78 is 14.5. The van der Waals surface area contributed by atoms with E-state index in [0.717, 1.165) is 27.2 Å². The summed E-state index contributed by atoms with van der Waals surface area (Å²) in [4.78, 5) is 6.39. The van der Waals surface area contributed by atoms with Gasteiger partial charge in [-0.3, -0.25) is 5.10 Å². The quantitative estimate of drug-likeness (QED) is 0.745. The third kappa shape index (κ3) is 2.33. The van der Waals surface area contributed by atoms with E-state index < -0.39 is 0 Å². The van der Waals surface area contributed by atoms with Gasteiger partial charge in [-0.2, -0.15) is 5.10 Å². The number of hydrogen-bond acceptors (Lipinski definition) is 4. The molecule has 2 heterocycles. The summed E-state index contributed by atoms with van der Waals surface area (Å²) >= 11 is 1.59. The van der Waals surface area contributed by atoms with Crippen LogP contribution in [0.3, 0.4) is 0 Å². The summed E-state index contributed by atoms with van der Waals surface area (Å²) in [6, 6.07) is 5.47. The van der Waals surface area contributed by atoms with Crippen LogP contribution in [0.15, 0.2) is 29.4 Å². The van der Waals surface area contributed by atoms with Gasteiger partial charge in [0.05, 0.1) is 28.1 Å². The fourth-order valence-electron chi connectivity index (χ4n) is 2.58. The molecule has 6 heteroatoms. The van der Waals surface area contributed by atoms with Crippen molar-refractivity contribution in [1.82, 2.24) is 15.2 Å². The SMILES string of the molecule is CSc1nc(-c2cc(F)c(N(C)C)c3[nH]ncc23)ccc1C. The van der Waals surface area contributed by atoms with E-state index in [1.807, 2.05) is 39.4 Å². The molecule has 0 fully saturated rings. The van der Waals surface area contributed by atoms with Crippen molar-refractivity contribution in [2.75, 3.05) is 25.3 Å². The third-order valence-corrected chi connectivity index (χ3v) is 4.43. The van der Waals surface area contributed by atoms with Crippen LogP contribution in [0.2, 0.25) is 0 Å². The van der Waals surface area contributed by atoms with Crippen LogP contribution in [0, 0.1) is 12.7 Å². The Morgan fingerprint density at radius 1 is 1.27 bits per heavy atom. The topological polar surface area (TPSA) is 44.8 Å². The van der Waals surface area contributed by atoms with Gasteiger partial charge in [-0.25, -0.2) is 9.37 Å². The van der Waals surface area contributed by atoms with Crippen LogP contribution < -0.4 is 4.90 Å². The molecule has 0 bridgehead atoms. The second-order valence-corrected chi connectivity index (χ2v) is 6.13. The molecule has 3 aromatic rings. The number of aromatic nitrogens is 3. The van der Waals surface area contributed by atoms with Crippen LogP contribution in [0.5, 0.6) is 0 Å². The number of H-pyrrole nitrogens is 1. The molecule has 0 aliphatic carbocycles. The first kappa shape index (κ1) is 14.8. The molecule has 22 heavy (non-hydrogen) atoms. The summed E-state index contributed by atoms with van der Waals surface area (Å²) in [5.74, 6) is -0.287. The van der Waals surface area contributed by atoms with Crippen molar-refractivity contribution in [3.63, 3.8) is 0 Å². The Morgan fingerprint density at radius 2 is 2.05 bits per heavy atom. The highest BCUT2D eigenvalue weighted by molar-refractivity contribution is 7.98. The number of hydrogen-bond donors (Lipinski definition) is 1. The van der Waals surface area contributed by atoms with Crippen LogP contribution in [0.25, 0.3) is 22.2 Å². The standard InChI is InChI=1S/C16H17FN4S/c1-9-5-6-13(19-16(9)22-4)10-7-12(17)15(21(2)3)14-11(10)8-18-20-14/h5-8H,1-4H3,(H,18,20). The molecule has 0 saturated carbocycles. The van der Waals surface area contributed by atoms with Crippen molar-refractivity contribution in [2.24, 2.45) is 0 Å². The van der Waals surface area contributed by atoms with Gasteiger partial charge in [0.25, 0.3) is 0 Å². The number of fused-ring (bicyclic) bond motifs is 1. The lowest BCUT2D eigenvalue weighted by Crippen LogP contribution is -2.11. The first-order chi connectivity index (χ1) is 10.5. The van der Waals surface area contributed by atoms with E-state index in [4.69, 9.17) is 0 Å². The van der Waals surface area contributed by atoms with Gasteiger partial charge < -0.3 is 4.90 Å². The molecule has 0 unspecified atom stereocenters. The number of aryl methyl sites for hydroxylation is 1. The predicted molar refractivity (Wildman–Crippen MR) is 90.1 cm³/mol. The summed E-state index contributed by atoms with van der Waals surface area (Å²) in [5.41, 5.74) is 3.82. The Balaban J connectivity index is 2.28. The number of halogens is 1. The molecule has 1 N–H and O–H groups in total. The monoisotopic (exact) mass is 316 g/mol. The van der Waals surface area contributed by atoms with Crippen LogP contribution in [-0.4, -0.2) is 35.5 Å². The zero-order valence-corrected chi connectivity index (χ0v) is 13.8. The minimum Gasteiger partial charge on any atom is -0.374 e. The summed E-state index contributed by atoms with van der Waals surface area (Å²) in [6.07, 6.45) is 3.71. The fraction of sp³-hybridized carbons (Fsp3) is 0.250. The first-order valence-corrected chi connectivity index (χ1v) is 8.10. The predicted octanol–water partition coefficient (Wildman–Crippen LogP) is 3.86. The number of anilines is 1. The van der Waals surface area contributed by atoms with Crippen LogP contribution >= 0.6 is 11.8 Å². The summed E-state index contributed by atoms with van der Waals surface area (Å²) in [7, 11) is 3.63.